The molecule has 0 saturated carbocycles. The topological polar surface area (TPSA) is 78.1 Å². The third-order valence-corrected chi connectivity index (χ3v) is 3.51. The number of carbonyl (C=O) groups excluding carboxylic acids is 1. The monoisotopic (exact) mass is 278 g/mol. The molecule has 6 heteroatoms. The van der Waals surface area contributed by atoms with E-state index in [1.54, 1.807) is 6.92 Å². The molecule has 1 fully saturated rings. The number of likely N-dealkylation sites (tertiary alicyclic amines) is 1. The highest BCUT2D eigenvalue weighted by molar-refractivity contribution is 5.78. The van der Waals surface area contributed by atoms with Crippen LogP contribution in [0, 0.1) is 12.8 Å². The predicted octanol–water partition coefficient (Wildman–Crippen LogP) is 1.14. The first kappa shape index (κ1) is 14.6. The summed E-state index contributed by atoms with van der Waals surface area (Å²) in [6.07, 6.45) is 1.74. The van der Waals surface area contributed by atoms with Crippen LogP contribution in [0.2, 0.25) is 0 Å². The van der Waals surface area contributed by atoms with Gasteiger partial charge in [-0.1, -0.05) is 13.8 Å². The Balaban J connectivity index is 1.91. The Hall–Kier alpha value is -1.85. The molecular formula is C14H22N4O2. The molecule has 1 amide bonds. The molecular weight excluding hydrogens is 256 g/mol. The van der Waals surface area contributed by atoms with Crippen molar-refractivity contribution in [2.24, 2.45) is 5.92 Å². The highest BCUT2D eigenvalue weighted by Crippen LogP contribution is 2.15. The third kappa shape index (κ3) is 3.59. The first-order valence-corrected chi connectivity index (χ1v) is 7.09. The van der Waals surface area contributed by atoms with E-state index in [0.717, 1.165) is 25.9 Å². The molecule has 0 atom stereocenters. The van der Waals surface area contributed by atoms with Crippen LogP contribution < -0.4 is 10.9 Å². The van der Waals surface area contributed by atoms with Crippen LogP contribution in [0.15, 0.2) is 10.9 Å². The number of aromatic amines is 1. The predicted molar refractivity (Wildman–Crippen MR) is 77.7 cm³/mol. The van der Waals surface area contributed by atoms with Crippen molar-refractivity contribution in [1.29, 1.82) is 0 Å². The number of hydrogen-bond acceptors (Lipinski definition) is 4. The second-order valence-electron chi connectivity index (χ2n) is 5.63. The Morgan fingerprint density at radius 1 is 1.45 bits per heavy atom. The average molecular weight is 278 g/mol. The van der Waals surface area contributed by atoms with E-state index in [4.69, 9.17) is 0 Å². The fraction of sp³-hybridized carbons (Fsp3) is 0.643. The first-order valence-electron chi connectivity index (χ1n) is 7.09. The zero-order chi connectivity index (χ0) is 14.7. The largest absolute Gasteiger partial charge is 0.353 e. The summed E-state index contributed by atoms with van der Waals surface area (Å²) in [5.41, 5.74) is 0.552. The van der Waals surface area contributed by atoms with Crippen molar-refractivity contribution in [2.45, 2.75) is 39.7 Å². The van der Waals surface area contributed by atoms with Gasteiger partial charge >= 0.3 is 0 Å². The molecule has 1 aliphatic rings. The van der Waals surface area contributed by atoms with Gasteiger partial charge in [0, 0.05) is 36.8 Å². The number of aryl methyl sites for hydroxylation is 1. The molecule has 110 valence electrons. The first-order chi connectivity index (χ1) is 9.45. The van der Waals surface area contributed by atoms with Crippen molar-refractivity contribution < 1.29 is 4.79 Å². The zero-order valence-electron chi connectivity index (χ0n) is 12.3. The molecule has 1 aromatic heterocycles. The zero-order valence-corrected chi connectivity index (χ0v) is 12.3. The number of piperidine rings is 1. The van der Waals surface area contributed by atoms with E-state index in [9.17, 15) is 9.59 Å². The maximum atomic E-state index is 11.9. The lowest BCUT2D eigenvalue weighted by molar-refractivity contribution is -0.135. The molecule has 0 aliphatic carbocycles. The Morgan fingerprint density at radius 3 is 2.65 bits per heavy atom. The lowest BCUT2D eigenvalue weighted by Gasteiger charge is -2.33. The number of hydrogen-bond donors (Lipinski definition) is 2. The van der Waals surface area contributed by atoms with Crippen molar-refractivity contribution in [3.05, 3.63) is 22.1 Å². The molecule has 1 aromatic rings. The van der Waals surface area contributed by atoms with Gasteiger partial charge in [-0.2, -0.15) is 0 Å². The minimum Gasteiger partial charge on any atom is -0.353 e. The standard InChI is InChI=1S/C14H22N4O2/c1-9(2)13(20)18-6-4-11(5-7-18)16-14-15-10(3)8-12(19)17-14/h8-9,11H,4-7H2,1-3H3,(H2,15,16,17,19). The summed E-state index contributed by atoms with van der Waals surface area (Å²) in [6, 6.07) is 1.71. The second-order valence-corrected chi connectivity index (χ2v) is 5.63. The van der Waals surface area contributed by atoms with Crippen LogP contribution in [-0.2, 0) is 4.79 Å². The van der Waals surface area contributed by atoms with Crippen molar-refractivity contribution in [2.75, 3.05) is 18.4 Å². The number of anilines is 1. The summed E-state index contributed by atoms with van der Waals surface area (Å²) < 4.78 is 0. The quantitative estimate of drug-likeness (QED) is 0.869. The van der Waals surface area contributed by atoms with E-state index in [1.165, 1.54) is 6.07 Å². The van der Waals surface area contributed by atoms with E-state index < -0.39 is 0 Å². The number of rotatable bonds is 3. The van der Waals surface area contributed by atoms with Crippen LogP contribution >= 0.6 is 0 Å². The van der Waals surface area contributed by atoms with Crippen LogP contribution in [0.1, 0.15) is 32.4 Å². The van der Waals surface area contributed by atoms with Gasteiger partial charge in [0.25, 0.3) is 5.56 Å². The van der Waals surface area contributed by atoms with Crippen LogP contribution in [0.4, 0.5) is 5.95 Å². The van der Waals surface area contributed by atoms with E-state index in [-0.39, 0.29) is 23.4 Å². The van der Waals surface area contributed by atoms with Crippen LogP contribution in [-0.4, -0.2) is 39.9 Å². The van der Waals surface area contributed by atoms with Gasteiger partial charge in [0.05, 0.1) is 0 Å². The Kier molecular flexibility index (Phi) is 4.42. The molecule has 0 unspecified atom stereocenters. The number of carbonyl (C=O) groups is 1. The molecule has 2 heterocycles. The Morgan fingerprint density at radius 2 is 2.10 bits per heavy atom. The van der Waals surface area contributed by atoms with Crippen molar-refractivity contribution in [1.82, 2.24) is 14.9 Å². The van der Waals surface area contributed by atoms with Gasteiger partial charge in [0.15, 0.2) is 0 Å². The van der Waals surface area contributed by atoms with Crippen LogP contribution in [0.5, 0.6) is 0 Å². The van der Waals surface area contributed by atoms with E-state index in [0.29, 0.717) is 11.6 Å². The van der Waals surface area contributed by atoms with Crippen molar-refractivity contribution >= 4 is 11.9 Å². The van der Waals surface area contributed by atoms with E-state index in [1.807, 2.05) is 18.7 Å². The molecule has 20 heavy (non-hydrogen) atoms. The lowest BCUT2D eigenvalue weighted by atomic mass is 10.0. The van der Waals surface area contributed by atoms with Crippen molar-refractivity contribution in [3.63, 3.8) is 0 Å². The van der Waals surface area contributed by atoms with Gasteiger partial charge in [-0.05, 0) is 19.8 Å². The molecule has 6 nitrogen and oxygen atoms in total. The molecule has 2 rings (SSSR count). The van der Waals surface area contributed by atoms with Crippen LogP contribution in [0.3, 0.4) is 0 Å². The maximum absolute atomic E-state index is 11.9. The second kappa shape index (κ2) is 6.07. The Bertz CT molecular complexity index is 530. The minimum absolute atomic E-state index is 0.0503. The minimum atomic E-state index is -0.146. The highest BCUT2D eigenvalue weighted by Gasteiger charge is 2.24. The molecule has 1 saturated heterocycles. The summed E-state index contributed by atoms with van der Waals surface area (Å²) in [5, 5.41) is 3.25. The summed E-state index contributed by atoms with van der Waals surface area (Å²) in [4.78, 5) is 32.1. The van der Waals surface area contributed by atoms with E-state index in [2.05, 4.69) is 15.3 Å². The average Bonchev–Trinajstić information content (AvgIpc) is 2.37. The molecule has 0 spiro atoms. The summed E-state index contributed by atoms with van der Waals surface area (Å²) in [6.45, 7) is 7.15. The van der Waals surface area contributed by atoms with Gasteiger partial charge < -0.3 is 10.2 Å². The van der Waals surface area contributed by atoms with Crippen LogP contribution in [0.25, 0.3) is 0 Å². The molecule has 0 aromatic carbocycles. The SMILES string of the molecule is Cc1cc(=O)[nH]c(NC2CCN(C(=O)C(C)C)CC2)n1. The lowest BCUT2D eigenvalue weighted by Crippen LogP contribution is -2.44. The Labute approximate surface area is 118 Å². The summed E-state index contributed by atoms with van der Waals surface area (Å²) in [5.74, 6) is 0.781. The van der Waals surface area contributed by atoms with Gasteiger partial charge in [-0.25, -0.2) is 4.98 Å². The smallest absolute Gasteiger partial charge is 0.252 e. The number of aromatic nitrogens is 2. The fourth-order valence-electron chi connectivity index (χ4n) is 2.45. The number of H-pyrrole nitrogens is 1. The number of amides is 1. The molecule has 1 aliphatic heterocycles. The molecule has 0 bridgehead atoms. The van der Waals surface area contributed by atoms with Gasteiger partial charge in [-0.15, -0.1) is 0 Å². The number of nitrogens with zero attached hydrogens (tertiary/aromatic N) is 2. The molecule has 2 N–H and O–H groups in total. The van der Waals surface area contributed by atoms with Crippen molar-refractivity contribution in [3.8, 4) is 0 Å². The van der Waals surface area contributed by atoms with Gasteiger partial charge in [0.2, 0.25) is 11.9 Å². The normalized spacial score (nSPS) is 16.5. The summed E-state index contributed by atoms with van der Waals surface area (Å²) in [7, 11) is 0. The maximum Gasteiger partial charge on any atom is 0.252 e. The highest BCUT2D eigenvalue weighted by atomic mass is 16.2. The fourth-order valence-corrected chi connectivity index (χ4v) is 2.45. The molecule has 0 radical (unpaired) electrons. The van der Waals surface area contributed by atoms with Gasteiger partial charge in [-0.3, -0.25) is 14.6 Å². The third-order valence-electron chi connectivity index (χ3n) is 3.51. The number of nitrogens with one attached hydrogen (secondary N) is 2. The summed E-state index contributed by atoms with van der Waals surface area (Å²) >= 11 is 0. The van der Waals surface area contributed by atoms with E-state index >= 15 is 0 Å². The van der Waals surface area contributed by atoms with Gasteiger partial charge in [0.1, 0.15) is 0 Å².